The lowest BCUT2D eigenvalue weighted by Crippen LogP contribution is -2.35. The van der Waals surface area contributed by atoms with Crippen molar-refractivity contribution in [3.8, 4) is 5.75 Å². The van der Waals surface area contributed by atoms with E-state index in [1.807, 2.05) is 18.2 Å². The van der Waals surface area contributed by atoms with Gasteiger partial charge in [-0.25, -0.2) is 0 Å². The second-order valence-electron chi connectivity index (χ2n) is 7.10. The minimum Gasteiger partial charge on any atom is -0.495 e. The monoisotopic (exact) mass is 378 g/mol. The summed E-state index contributed by atoms with van der Waals surface area (Å²) < 4.78 is 5.48. The fraction of sp³-hybridized carbons (Fsp3) is 0.318. The number of fused-ring (bicyclic) bond motifs is 1. The first-order chi connectivity index (χ1) is 13.6. The number of rotatable bonds is 4. The van der Waals surface area contributed by atoms with Crippen LogP contribution < -0.4 is 9.64 Å². The maximum absolute atomic E-state index is 13.1. The summed E-state index contributed by atoms with van der Waals surface area (Å²) in [5.74, 6) is 0.350. The fourth-order valence-corrected chi connectivity index (χ4v) is 3.87. The summed E-state index contributed by atoms with van der Waals surface area (Å²) in [6, 6.07) is 13.0. The van der Waals surface area contributed by atoms with E-state index in [2.05, 4.69) is 0 Å². The van der Waals surface area contributed by atoms with Gasteiger partial charge in [-0.15, -0.1) is 0 Å². The van der Waals surface area contributed by atoms with Crippen LogP contribution in [-0.4, -0.2) is 36.3 Å². The Hall–Kier alpha value is -3.15. The molecule has 2 heterocycles. The second kappa shape index (κ2) is 7.46. The van der Waals surface area contributed by atoms with Gasteiger partial charge in [-0.1, -0.05) is 24.3 Å². The lowest BCUT2D eigenvalue weighted by Gasteiger charge is -2.31. The number of methoxy groups -OCH3 is 1. The molecule has 0 radical (unpaired) electrons. The summed E-state index contributed by atoms with van der Waals surface area (Å²) in [7, 11) is 1.61. The van der Waals surface area contributed by atoms with Crippen LogP contribution in [0.4, 0.5) is 5.69 Å². The van der Waals surface area contributed by atoms with Crippen molar-refractivity contribution >= 4 is 23.4 Å². The number of likely N-dealkylation sites (tertiary alicyclic amines) is 1. The van der Waals surface area contributed by atoms with Gasteiger partial charge in [0.15, 0.2) is 0 Å². The molecule has 3 amide bonds. The maximum Gasteiger partial charge on any atom is 0.258 e. The lowest BCUT2D eigenvalue weighted by molar-refractivity contribution is -0.139. The molecule has 0 saturated carbocycles. The van der Waals surface area contributed by atoms with Crippen LogP contribution in [0.2, 0.25) is 0 Å². The summed E-state index contributed by atoms with van der Waals surface area (Å²) in [4.78, 5) is 39.8. The molecule has 0 N–H and O–H groups in total. The number of aryl methyl sites for hydroxylation is 1. The average molecular weight is 378 g/mol. The molecule has 144 valence electrons. The first-order valence-corrected chi connectivity index (χ1v) is 9.48. The summed E-state index contributed by atoms with van der Waals surface area (Å²) in [5, 5.41) is 0. The number of hydrogen-bond donors (Lipinski definition) is 0. The molecule has 0 unspecified atom stereocenters. The Bertz CT molecular complexity index is 906. The third-order valence-electron chi connectivity index (χ3n) is 5.34. The molecule has 2 aliphatic rings. The Kier molecular flexibility index (Phi) is 4.86. The van der Waals surface area contributed by atoms with E-state index < -0.39 is 0 Å². The van der Waals surface area contributed by atoms with Crippen molar-refractivity contribution < 1.29 is 19.1 Å². The van der Waals surface area contributed by atoms with Crippen molar-refractivity contribution in [2.24, 2.45) is 0 Å². The Balaban J connectivity index is 1.55. The number of carbonyl (C=O) groups is 3. The molecule has 1 fully saturated rings. The molecular formula is C22H22N2O4. The number of nitrogens with zero attached hydrogens (tertiary/aromatic N) is 2. The van der Waals surface area contributed by atoms with Gasteiger partial charge in [-0.3, -0.25) is 19.3 Å². The second-order valence-corrected chi connectivity index (χ2v) is 7.10. The number of amides is 3. The summed E-state index contributed by atoms with van der Waals surface area (Å²) in [6.07, 6.45) is 2.40. The zero-order valence-electron chi connectivity index (χ0n) is 15.8. The lowest BCUT2D eigenvalue weighted by atomic mass is 9.99. The number of anilines is 1. The van der Waals surface area contributed by atoms with Crippen LogP contribution in [0.1, 0.15) is 40.7 Å². The summed E-state index contributed by atoms with van der Waals surface area (Å²) in [5.41, 5.74) is 3.36. The number of hydrogen-bond acceptors (Lipinski definition) is 4. The largest absolute Gasteiger partial charge is 0.495 e. The summed E-state index contributed by atoms with van der Waals surface area (Å²) >= 11 is 0. The van der Waals surface area contributed by atoms with Crippen LogP contribution in [-0.2, 0) is 22.6 Å². The zero-order chi connectivity index (χ0) is 19.7. The van der Waals surface area contributed by atoms with E-state index in [0.717, 1.165) is 29.7 Å². The van der Waals surface area contributed by atoms with Crippen LogP contribution in [0.5, 0.6) is 5.75 Å². The van der Waals surface area contributed by atoms with E-state index >= 15 is 0 Å². The van der Waals surface area contributed by atoms with Gasteiger partial charge in [0.2, 0.25) is 11.8 Å². The van der Waals surface area contributed by atoms with Crippen LogP contribution in [0.3, 0.4) is 0 Å². The molecule has 6 nitrogen and oxygen atoms in total. The van der Waals surface area contributed by atoms with Crippen molar-refractivity contribution in [1.29, 1.82) is 0 Å². The van der Waals surface area contributed by atoms with E-state index in [9.17, 15) is 14.4 Å². The van der Waals surface area contributed by atoms with Crippen molar-refractivity contribution in [1.82, 2.24) is 4.90 Å². The molecule has 0 spiro atoms. The minimum atomic E-state index is -0.137. The molecule has 2 aromatic rings. The molecule has 2 aliphatic heterocycles. The van der Waals surface area contributed by atoms with Crippen LogP contribution in [0.25, 0.3) is 0 Å². The first-order valence-electron chi connectivity index (χ1n) is 9.48. The van der Waals surface area contributed by atoms with Gasteiger partial charge in [-0.2, -0.15) is 0 Å². The third-order valence-corrected chi connectivity index (χ3v) is 5.34. The van der Waals surface area contributed by atoms with Crippen LogP contribution >= 0.6 is 0 Å². The normalized spacial score (nSPS) is 16.3. The molecule has 0 bridgehead atoms. The number of benzene rings is 2. The van der Waals surface area contributed by atoms with E-state index in [-0.39, 0.29) is 37.1 Å². The quantitative estimate of drug-likeness (QED) is 0.768. The van der Waals surface area contributed by atoms with Gasteiger partial charge < -0.3 is 9.64 Å². The topological polar surface area (TPSA) is 66.9 Å². The van der Waals surface area contributed by atoms with Crippen molar-refractivity contribution in [2.75, 3.05) is 18.6 Å². The van der Waals surface area contributed by atoms with Crippen LogP contribution in [0.15, 0.2) is 42.5 Å². The SMILES string of the molecule is COc1cccc2c1N(C(=O)c1ccc(CN3C(=O)CCC3=O)cc1)CCC2. The number of para-hydroxylation sites is 1. The molecule has 1 saturated heterocycles. The van der Waals surface area contributed by atoms with Gasteiger partial charge in [0.05, 0.1) is 19.3 Å². The predicted molar refractivity (Wildman–Crippen MR) is 104 cm³/mol. The minimum absolute atomic E-state index is 0.0784. The molecule has 2 aromatic carbocycles. The highest BCUT2D eigenvalue weighted by Gasteiger charge is 2.29. The Morgan fingerprint density at radius 1 is 1.00 bits per heavy atom. The predicted octanol–water partition coefficient (Wildman–Crippen LogP) is 2.94. The molecule has 6 heteroatoms. The summed E-state index contributed by atoms with van der Waals surface area (Å²) in [6.45, 7) is 0.900. The van der Waals surface area contributed by atoms with E-state index in [4.69, 9.17) is 4.74 Å². The molecular weight excluding hydrogens is 356 g/mol. The highest BCUT2D eigenvalue weighted by atomic mass is 16.5. The average Bonchev–Trinajstić information content (AvgIpc) is 3.05. The van der Waals surface area contributed by atoms with Gasteiger partial charge in [0, 0.05) is 24.9 Å². The highest BCUT2D eigenvalue weighted by Crippen LogP contribution is 2.37. The van der Waals surface area contributed by atoms with E-state index in [1.54, 1.807) is 36.3 Å². The molecule has 0 atom stereocenters. The van der Waals surface area contributed by atoms with Gasteiger partial charge in [-0.05, 0) is 42.2 Å². The van der Waals surface area contributed by atoms with Gasteiger partial charge in [0.25, 0.3) is 5.91 Å². The standard InChI is InChI=1S/C22H22N2O4/c1-28-18-6-2-4-16-5-3-13-23(21(16)18)22(27)17-9-7-15(8-10-17)14-24-19(25)11-12-20(24)26/h2,4,6-10H,3,5,11-14H2,1H3. The van der Waals surface area contributed by atoms with Crippen LogP contribution in [0, 0.1) is 0 Å². The van der Waals surface area contributed by atoms with Crippen molar-refractivity contribution in [2.45, 2.75) is 32.2 Å². The molecule has 28 heavy (non-hydrogen) atoms. The Labute approximate surface area is 163 Å². The third kappa shape index (κ3) is 3.26. The number of ether oxygens (including phenoxy) is 1. The molecule has 4 rings (SSSR count). The van der Waals surface area contributed by atoms with Gasteiger partial charge in [0.1, 0.15) is 5.75 Å². The smallest absolute Gasteiger partial charge is 0.258 e. The zero-order valence-corrected chi connectivity index (χ0v) is 15.8. The molecule has 0 aliphatic carbocycles. The maximum atomic E-state index is 13.1. The Morgan fingerprint density at radius 2 is 1.71 bits per heavy atom. The number of carbonyl (C=O) groups excluding carboxylic acids is 3. The van der Waals surface area contributed by atoms with Gasteiger partial charge >= 0.3 is 0 Å². The van der Waals surface area contributed by atoms with E-state index in [1.165, 1.54) is 4.90 Å². The van der Waals surface area contributed by atoms with E-state index in [0.29, 0.717) is 17.9 Å². The Morgan fingerprint density at radius 3 is 2.39 bits per heavy atom. The van der Waals surface area contributed by atoms with Crippen molar-refractivity contribution in [3.63, 3.8) is 0 Å². The fourth-order valence-electron chi connectivity index (χ4n) is 3.87. The van der Waals surface area contributed by atoms with Crippen molar-refractivity contribution in [3.05, 3.63) is 59.2 Å². The highest BCUT2D eigenvalue weighted by molar-refractivity contribution is 6.07. The first kappa shape index (κ1) is 18.2. The molecule has 0 aromatic heterocycles. The number of imide groups is 1.